The standard InChI is InChI=1S/C26H23BrN4O3/c1-15-7-10-20(11-8-15)28-25(33)26(34)30-31-22-12-9-19(27)13-18(22)14-23(31)24(32)29-21-6-4-5-16(2)17(21)3/h4-14H,1-3H3,(H,28,33)(H,29,32)(H,30,34). The second-order valence-corrected chi connectivity index (χ2v) is 8.95. The number of amides is 3. The van der Waals surface area contributed by atoms with Crippen LogP contribution in [0.3, 0.4) is 0 Å². The highest BCUT2D eigenvalue weighted by atomic mass is 79.9. The number of halogens is 1. The second kappa shape index (κ2) is 9.52. The minimum Gasteiger partial charge on any atom is -0.320 e. The van der Waals surface area contributed by atoms with Crippen molar-refractivity contribution in [2.75, 3.05) is 16.1 Å². The molecule has 0 radical (unpaired) electrons. The quantitative estimate of drug-likeness (QED) is 0.320. The van der Waals surface area contributed by atoms with Gasteiger partial charge in [-0.25, -0.2) is 4.68 Å². The van der Waals surface area contributed by atoms with Gasteiger partial charge in [-0.05, 0) is 74.4 Å². The second-order valence-electron chi connectivity index (χ2n) is 8.03. The van der Waals surface area contributed by atoms with E-state index in [4.69, 9.17) is 0 Å². The number of carbonyl (C=O) groups excluding carboxylic acids is 3. The van der Waals surface area contributed by atoms with Crippen molar-refractivity contribution in [3.63, 3.8) is 0 Å². The first-order chi connectivity index (χ1) is 16.2. The van der Waals surface area contributed by atoms with E-state index in [1.165, 1.54) is 4.68 Å². The Kier molecular flexibility index (Phi) is 6.51. The molecule has 7 nitrogen and oxygen atoms in total. The Hall–Kier alpha value is -3.91. The van der Waals surface area contributed by atoms with Gasteiger partial charge in [0.1, 0.15) is 5.69 Å². The third-order valence-corrected chi connectivity index (χ3v) is 6.07. The van der Waals surface area contributed by atoms with Crippen molar-refractivity contribution in [3.8, 4) is 0 Å². The Bertz CT molecular complexity index is 1420. The molecule has 0 spiro atoms. The van der Waals surface area contributed by atoms with Crippen molar-refractivity contribution in [1.82, 2.24) is 4.68 Å². The van der Waals surface area contributed by atoms with Gasteiger partial charge in [-0.15, -0.1) is 0 Å². The molecule has 0 aliphatic rings. The maximum absolute atomic E-state index is 13.2. The summed E-state index contributed by atoms with van der Waals surface area (Å²) in [7, 11) is 0. The molecular formula is C26H23BrN4O3. The fourth-order valence-corrected chi connectivity index (χ4v) is 3.90. The molecule has 8 heteroatoms. The summed E-state index contributed by atoms with van der Waals surface area (Å²) < 4.78 is 2.15. The first kappa shape index (κ1) is 23.3. The van der Waals surface area contributed by atoms with Gasteiger partial charge >= 0.3 is 11.8 Å². The molecule has 1 aromatic heterocycles. The molecule has 172 valence electrons. The molecule has 0 saturated carbocycles. The minimum atomic E-state index is -0.901. The number of nitrogens with one attached hydrogen (secondary N) is 3. The van der Waals surface area contributed by atoms with E-state index in [1.807, 2.05) is 57.2 Å². The zero-order valence-corrected chi connectivity index (χ0v) is 20.5. The van der Waals surface area contributed by atoms with E-state index in [0.29, 0.717) is 16.9 Å². The number of benzene rings is 3. The molecule has 0 atom stereocenters. The van der Waals surface area contributed by atoms with Crippen LogP contribution in [-0.4, -0.2) is 22.4 Å². The summed E-state index contributed by atoms with van der Waals surface area (Å²) in [6, 6.07) is 19.8. The van der Waals surface area contributed by atoms with Crippen LogP contribution in [0.15, 0.2) is 71.2 Å². The third kappa shape index (κ3) is 4.87. The zero-order chi connectivity index (χ0) is 24.4. The molecule has 3 N–H and O–H groups in total. The van der Waals surface area contributed by atoms with Gasteiger partial charge in [0.05, 0.1) is 5.52 Å². The van der Waals surface area contributed by atoms with Crippen LogP contribution in [0.2, 0.25) is 0 Å². The molecule has 34 heavy (non-hydrogen) atoms. The highest BCUT2D eigenvalue weighted by molar-refractivity contribution is 9.10. The molecule has 3 amide bonds. The van der Waals surface area contributed by atoms with Gasteiger partial charge in [0.25, 0.3) is 5.91 Å². The molecule has 0 bridgehead atoms. The van der Waals surface area contributed by atoms with E-state index in [-0.39, 0.29) is 5.69 Å². The summed E-state index contributed by atoms with van der Waals surface area (Å²) in [6.45, 7) is 5.82. The minimum absolute atomic E-state index is 0.186. The molecule has 1 heterocycles. The fourth-order valence-electron chi connectivity index (χ4n) is 3.52. The van der Waals surface area contributed by atoms with Gasteiger partial charge in [0.2, 0.25) is 0 Å². The molecule has 0 saturated heterocycles. The molecule has 4 aromatic rings. The van der Waals surface area contributed by atoms with Gasteiger partial charge in [-0.3, -0.25) is 19.8 Å². The molecule has 0 aliphatic carbocycles. The number of anilines is 2. The third-order valence-electron chi connectivity index (χ3n) is 5.58. The van der Waals surface area contributed by atoms with E-state index in [2.05, 4.69) is 32.0 Å². The monoisotopic (exact) mass is 518 g/mol. The first-order valence-corrected chi connectivity index (χ1v) is 11.4. The Labute approximate surface area is 205 Å². The van der Waals surface area contributed by atoms with Gasteiger partial charge < -0.3 is 10.6 Å². The van der Waals surface area contributed by atoms with Gasteiger partial charge in [-0.1, -0.05) is 45.8 Å². The van der Waals surface area contributed by atoms with E-state index in [9.17, 15) is 14.4 Å². The van der Waals surface area contributed by atoms with Crippen LogP contribution >= 0.6 is 15.9 Å². The summed E-state index contributed by atoms with van der Waals surface area (Å²) in [5.74, 6) is -2.16. The lowest BCUT2D eigenvalue weighted by Gasteiger charge is -2.14. The summed E-state index contributed by atoms with van der Waals surface area (Å²) in [5, 5.41) is 6.20. The molecule has 0 unspecified atom stereocenters. The van der Waals surface area contributed by atoms with Crippen LogP contribution in [-0.2, 0) is 9.59 Å². The predicted molar refractivity (Wildman–Crippen MR) is 138 cm³/mol. The summed E-state index contributed by atoms with van der Waals surface area (Å²) in [6.07, 6.45) is 0. The summed E-state index contributed by atoms with van der Waals surface area (Å²) in [4.78, 5) is 38.5. The fraction of sp³-hybridized carbons (Fsp3) is 0.115. The average molecular weight is 519 g/mol. The molecule has 0 fully saturated rings. The zero-order valence-electron chi connectivity index (χ0n) is 18.9. The first-order valence-electron chi connectivity index (χ1n) is 10.6. The van der Waals surface area contributed by atoms with Crippen molar-refractivity contribution >= 4 is 55.9 Å². The number of nitrogens with zero attached hydrogens (tertiary/aromatic N) is 1. The average Bonchev–Trinajstić information content (AvgIpc) is 3.15. The predicted octanol–water partition coefficient (Wildman–Crippen LogP) is 5.29. The van der Waals surface area contributed by atoms with Gasteiger partial charge in [0.15, 0.2) is 0 Å². The van der Waals surface area contributed by atoms with Gasteiger partial charge in [0, 0.05) is 21.2 Å². The normalized spacial score (nSPS) is 10.7. The number of aryl methyl sites for hydroxylation is 2. The maximum Gasteiger partial charge on any atom is 0.328 e. The largest absolute Gasteiger partial charge is 0.328 e. The Morgan fingerprint density at radius 1 is 0.824 bits per heavy atom. The van der Waals surface area contributed by atoms with Crippen molar-refractivity contribution in [3.05, 3.63) is 93.6 Å². The van der Waals surface area contributed by atoms with Crippen LogP contribution in [0.5, 0.6) is 0 Å². The summed E-state index contributed by atoms with van der Waals surface area (Å²) >= 11 is 3.43. The number of hydrogen-bond acceptors (Lipinski definition) is 3. The van der Waals surface area contributed by atoms with Crippen LogP contribution in [0.4, 0.5) is 11.4 Å². The van der Waals surface area contributed by atoms with E-state index in [0.717, 1.165) is 26.5 Å². The van der Waals surface area contributed by atoms with E-state index < -0.39 is 17.7 Å². The Balaban J connectivity index is 1.64. The highest BCUT2D eigenvalue weighted by Crippen LogP contribution is 2.25. The Morgan fingerprint density at radius 2 is 1.56 bits per heavy atom. The highest BCUT2D eigenvalue weighted by Gasteiger charge is 2.21. The molecular weight excluding hydrogens is 496 g/mol. The van der Waals surface area contributed by atoms with Crippen LogP contribution in [0, 0.1) is 20.8 Å². The van der Waals surface area contributed by atoms with E-state index >= 15 is 0 Å². The van der Waals surface area contributed by atoms with Crippen molar-refractivity contribution < 1.29 is 14.4 Å². The maximum atomic E-state index is 13.2. The summed E-state index contributed by atoms with van der Waals surface area (Å²) in [5.41, 5.74) is 7.53. The van der Waals surface area contributed by atoms with Gasteiger partial charge in [-0.2, -0.15) is 0 Å². The smallest absolute Gasteiger partial charge is 0.320 e. The molecule has 3 aromatic carbocycles. The van der Waals surface area contributed by atoms with Crippen LogP contribution in [0.1, 0.15) is 27.2 Å². The van der Waals surface area contributed by atoms with Crippen LogP contribution < -0.4 is 16.1 Å². The molecule has 0 aliphatic heterocycles. The van der Waals surface area contributed by atoms with Crippen molar-refractivity contribution in [2.24, 2.45) is 0 Å². The lowest BCUT2D eigenvalue weighted by atomic mass is 10.1. The number of rotatable bonds is 4. The SMILES string of the molecule is Cc1ccc(NC(=O)C(=O)Nn2c(C(=O)Nc3cccc(C)c3C)cc3cc(Br)ccc32)cc1. The van der Waals surface area contributed by atoms with E-state index in [1.54, 1.807) is 30.3 Å². The topological polar surface area (TPSA) is 92.2 Å². The van der Waals surface area contributed by atoms with Crippen LogP contribution in [0.25, 0.3) is 10.9 Å². The lowest BCUT2D eigenvalue weighted by Crippen LogP contribution is -2.36. The molecule has 4 rings (SSSR count). The number of aromatic nitrogens is 1. The number of carbonyl (C=O) groups is 3. The number of hydrogen-bond donors (Lipinski definition) is 3. The number of fused-ring (bicyclic) bond motifs is 1. The Morgan fingerprint density at radius 3 is 2.29 bits per heavy atom. The lowest BCUT2D eigenvalue weighted by molar-refractivity contribution is -0.133. The van der Waals surface area contributed by atoms with Crippen molar-refractivity contribution in [1.29, 1.82) is 0 Å². The van der Waals surface area contributed by atoms with Crippen molar-refractivity contribution in [2.45, 2.75) is 20.8 Å².